The molecule has 7 nitrogen and oxygen atoms in total. The Bertz CT molecular complexity index is 1120. The first kappa shape index (κ1) is 17.9. The number of aromatic hydroxyl groups is 1. The van der Waals surface area contributed by atoms with Crippen LogP contribution in [0, 0.1) is 0 Å². The monoisotopic (exact) mass is 389 g/mol. The molecule has 148 valence electrons. The molecule has 2 saturated heterocycles. The molecule has 2 fully saturated rings. The Balaban J connectivity index is 1.40. The number of fused-ring (bicyclic) bond motifs is 1. The van der Waals surface area contributed by atoms with Crippen LogP contribution in [0.1, 0.15) is 18.0 Å². The number of aromatic nitrogens is 3. The minimum Gasteiger partial charge on any atom is -0.507 e. The third kappa shape index (κ3) is 2.81. The van der Waals surface area contributed by atoms with E-state index in [2.05, 4.69) is 39.8 Å². The van der Waals surface area contributed by atoms with Crippen LogP contribution < -0.4 is 0 Å². The summed E-state index contributed by atoms with van der Waals surface area (Å²) in [5.74, 6) is 0.550. The number of nitrogens with zero attached hydrogens (tertiary/aromatic N) is 4. The van der Waals surface area contributed by atoms with E-state index in [0.717, 1.165) is 42.8 Å². The van der Waals surface area contributed by atoms with Crippen LogP contribution in [0.5, 0.6) is 5.75 Å². The van der Waals surface area contributed by atoms with Crippen LogP contribution in [0.25, 0.3) is 22.3 Å². The third-order valence-corrected chi connectivity index (χ3v) is 6.40. The molecule has 0 bridgehead atoms. The van der Waals surface area contributed by atoms with Crippen molar-refractivity contribution in [3.05, 3.63) is 54.7 Å². The molecule has 3 aromatic rings. The Morgan fingerprint density at radius 2 is 2.10 bits per heavy atom. The van der Waals surface area contributed by atoms with Gasteiger partial charge in [0, 0.05) is 42.2 Å². The Hall–Kier alpha value is -3.19. The number of H-pyrrole nitrogens is 1. The fourth-order valence-electron chi connectivity index (χ4n) is 4.73. The van der Waals surface area contributed by atoms with Crippen molar-refractivity contribution in [3.8, 4) is 17.0 Å². The normalized spacial score (nSPS) is 20.9. The summed E-state index contributed by atoms with van der Waals surface area (Å²) in [6.45, 7) is 6.02. The van der Waals surface area contributed by atoms with E-state index in [0.29, 0.717) is 17.2 Å². The van der Waals surface area contributed by atoms with E-state index in [9.17, 15) is 9.90 Å². The number of nitrogens with one attached hydrogen (secondary N) is 1. The van der Waals surface area contributed by atoms with Gasteiger partial charge in [0.05, 0.1) is 11.2 Å². The second-order valence-corrected chi connectivity index (χ2v) is 8.18. The lowest BCUT2D eigenvalue weighted by Gasteiger charge is -2.51. The number of hydrogen-bond donors (Lipinski definition) is 2. The average molecular weight is 389 g/mol. The number of amides is 1. The Morgan fingerprint density at radius 3 is 2.86 bits per heavy atom. The number of para-hydroxylation sites is 1. The molecule has 1 amide bonds. The van der Waals surface area contributed by atoms with Crippen molar-refractivity contribution in [1.29, 1.82) is 0 Å². The highest BCUT2D eigenvalue weighted by Crippen LogP contribution is 2.43. The fraction of sp³-hybridized carbons (Fsp3) is 0.318. The van der Waals surface area contributed by atoms with Gasteiger partial charge < -0.3 is 15.0 Å². The smallest absolute Gasteiger partial charge is 0.246 e. The summed E-state index contributed by atoms with van der Waals surface area (Å²) in [5.41, 5.74) is 3.26. The van der Waals surface area contributed by atoms with Crippen molar-refractivity contribution >= 4 is 16.9 Å². The van der Waals surface area contributed by atoms with Crippen molar-refractivity contribution in [2.24, 2.45) is 0 Å². The van der Waals surface area contributed by atoms with Gasteiger partial charge in [-0.2, -0.15) is 0 Å². The van der Waals surface area contributed by atoms with Crippen molar-refractivity contribution in [3.63, 3.8) is 0 Å². The van der Waals surface area contributed by atoms with Crippen molar-refractivity contribution < 1.29 is 9.90 Å². The number of phenols is 1. The molecule has 1 atom stereocenters. The summed E-state index contributed by atoms with van der Waals surface area (Å²) in [6.07, 6.45) is 2.38. The lowest BCUT2D eigenvalue weighted by atomic mass is 9.83. The van der Waals surface area contributed by atoms with Crippen molar-refractivity contribution in [2.45, 2.75) is 17.9 Å². The van der Waals surface area contributed by atoms with Crippen LogP contribution >= 0.6 is 0 Å². The van der Waals surface area contributed by atoms with E-state index in [1.54, 1.807) is 12.1 Å². The van der Waals surface area contributed by atoms with E-state index in [4.69, 9.17) is 0 Å². The van der Waals surface area contributed by atoms with Crippen LogP contribution in [0.2, 0.25) is 0 Å². The molecule has 1 unspecified atom stereocenters. The molecule has 2 aromatic heterocycles. The summed E-state index contributed by atoms with van der Waals surface area (Å²) in [7, 11) is 2.13. The molecule has 0 saturated carbocycles. The molecule has 4 heterocycles. The number of likely N-dealkylation sites (tertiary alicyclic amines) is 2. The highest BCUT2D eigenvalue weighted by atomic mass is 16.3. The van der Waals surface area contributed by atoms with Gasteiger partial charge in [-0.25, -0.2) is 0 Å². The largest absolute Gasteiger partial charge is 0.507 e. The van der Waals surface area contributed by atoms with E-state index in [1.807, 2.05) is 23.1 Å². The lowest BCUT2D eigenvalue weighted by Crippen LogP contribution is -2.67. The van der Waals surface area contributed by atoms with E-state index < -0.39 is 0 Å². The number of phenolic OH excluding ortho intramolecular Hbond substituents is 1. The summed E-state index contributed by atoms with van der Waals surface area (Å²) >= 11 is 0. The molecule has 2 N–H and O–H groups in total. The molecule has 1 spiro atoms. The van der Waals surface area contributed by atoms with Gasteiger partial charge >= 0.3 is 0 Å². The molecule has 2 aliphatic heterocycles. The zero-order valence-corrected chi connectivity index (χ0v) is 16.3. The van der Waals surface area contributed by atoms with Gasteiger partial charge in [-0.15, -0.1) is 10.2 Å². The third-order valence-electron chi connectivity index (χ3n) is 6.40. The van der Waals surface area contributed by atoms with E-state index >= 15 is 0 Å². The zero-order valence-electron chi connectivity index (χ0n) is 16.3. The van der Waals surface area contributed by atoms with Gasteiger partial charge in [0.15, 0.2) is 5.65 Å². The second kappa shape index (κ2) is 6.42. The van der Waals surface area contributed by atoms with Crippen LogP contribution in [0.4, 0.5) is 0 Å². The van der Waals surface area contributed by atoms with Crippen LogP contribution in [0.3, 0.4) is 0 Å². The van der Waals surface area contributed by atoms with Crippen LogP contribution in [-0.2, 0) is 4.79 Å². The molecular weight excluding hydrogens is 366 g/mol. The molecule has 0 radical (unpaired) electrons. The summed E-state index contributed by atoms with van der Waals surface area (Å²) in [4.78, 5) is 19.5. The number of carbonyl (C=O) groups excluding carboxylic acids is 1. The standard InChI is InChI=1S/C22H23N5O2/c1-3-20(29)27-12-22(13-27)10-15(11-26(22)2)17-8-14-9-18(24-25-21(14)23-17)16-6-4-5-7-19(16)28/h3-9,15,28H,1,10-13H2,2H3,(H,23,25). The van der Waals surface area contributed by atoms with Crippen molar-refractivity contribution in [1.82, 2.24) is 25.0 Å². The van der Waals surface area contributed by atoms with Gasteiger partial charge in [0.25, 0.3) is 0 Å². The Labute approximate surface area is 168 Å². The first-order valence-corrected chi connectivity index (χ1v) is 9.76. The predicted octanol–water partition coefficient (Wildman–Crippen LogP) is 2.52. The van der Waals surface area contributed by atoms with Gasteiger partial charge in [-0.1, -0.05) is 18.7 Å². The molecular formula is C22H23N5O2. The SMILES string of the molecule is C=CC(=O)N1CC2(CC(c3cc4cc(-c5ccccc5O)nnc4[nH]3)CN2C)C1. The lowest BCUT2D eigenvalue weighted by molar-refractivity contribution is -0.137. The van der Waals surface area contributed by atoms with Crippen LogP contribution in [0.15, 0.2) is 49.1 Å². The number of carbonyl (C=O) groups is 1. The van der Waals surface area contributed by atoms with Gasteiger partial charge in [0.1, 0.15) is 5.75 Å². The van der Waals surface area contributed by atoms with Gasteiger partial charge in [0.2, 0.25) is 5.91 Å². The molecule has 0 aliphatic carbocycles. The van der Waals surface area contributed by atoms with Gasteiger partial charge in [-0.05, 0) is 43.8 Å². The maximum absolute atomic E-state index is 11.8. The maximum atomic E-state index is 11.8. The Kier molecular flexibility index (Phi) is 3.96. The maximum Gasteiger partial charge on any atom is 0.246 e. The van der Waals surface area contributed by atoms with E-state index in [1.165, 1.54) is 6.08 Å². The minimum atomic E-state index is 0.00468. The van der Waals surface area contributed by atoms with Crippen molar-refractivity contribution in [2.75, 3.05) is 26.7 Å². The first-order chi connectivity index (χ1) is 14.0. The summed E-state index contributed by atoms with van der Waals surface area (Å²) in [6, 6.07) is 11.2. The number of aromatic amines is 1. The number of rotatable bonds is 3. The quantitative estimate of drug-likeness (QED) is 0.673. The molecule has 7 heteroatoms. The average Bonchev–Trinajstić information content (AvgIpc) is 3.27. The predicted molar refractivity (Wildman–Crippen MR) is 110 cm³/mol. The highest BCUT2D eigenvalue weighted by molar-refractivity contribution is 5.88. The molecule has 29 heavy (non-hydrogen) atoms. The van der Waals surface area contributed by atoms with Gasteiger partial charge in [-0.3, -0.25) is 9.69 Å². The topological polar surface area (TPSA) is 85.4 Å². The number of benzene rings is 1. The minimum absolute atomic E-state index is 0.00468. The Morgan fingerprint density at radius 1 is 1.31 bits per heavy atom. The molecule has 5 rings (SSSR count). The summed E-state index contributed by atoms with van der Waals surface area (Å²) in [5, 5.41) is 19.7. The summed E-state index contributed by atoms with van der Waals surface area (Å²) < 4.78 is 0. The second-order valence-electron chi connectivity index (χ2n) is 8.18. The zero-order chi connectivity index (χ0) is 20.2. The molecule has 1 aromatic carbocycles. The number of hydrogen-bond acceptors (Lipinski definition) is 5. The highest BCUT2D eigenvalue weighted by Gasteiger charge is 2.53. The molecule has 2 aliphatic rings. The first-order valence-electron chi connectivity index (χ1n) is 9.76. The van der Waals surface area contributed by atoms with Crippen LogP contribution in [-0.4, -0.2) is 68.2 Å². The van der Waals surface area contributed by atoms with E-state index in [-0.39, 0.29) is 17.2 Å². The fourth-order valence-corrected chi connectivity index (χ4v) is 4.73. The number of likely N-dealkylation sites (N-methyl/N-ethyl adjacent to an activating group) is 1.